The van der Waals surface area contributed by atoms with Crippen LogP contribution >= 0.6 is 0 Å². The fraction of sp³-hybridized carbons (Fsp3) is 0.222. The zero-order chi connectivity index (χ0) is 16.8. The second-order valence-corrected chi connectivity index (χ2v) is 5.51. The molecule has 0 bridgehead atoms. The summed E-state index contributed by atoms with van der Waals surface area (Å²) in [5, 5.41) is 11.1. The molecule has 2 aromatic carbocycles. The fourth-order valence-electron chi connectivity index (χ4n) is 2.48. The van der Waals surface area contributed by atoms with Gasteiger partial charge in [-0.15, -0.1) is 5.10 Å². The average molecular weight is 322 g/mol. The number of carbonyl (C=O) groups is 1. The molecule has 1 amide bonds. The number of benzene rings is 2. The van der Waals surface area contributed by atoms with E-state index in [1.165, 1.54) is 5.56 Å². The van der Waals surface area contributed by atoms with E-state index in [4.69, 9.17) is 0 Å². The molecule has 122 valence electrons. The summed E-state index contributed by atoms with van der Waals surface area (Å²) in [6.45, 7) is 0.436. The summed E-state index contributed by atoms with van der Waals surface area (Å²) in [5.41, 5.74) is 1.46. The van der Waals surface area contributed by atoms with Crippen molar-refractivity contribution >= 4 is 16.8 Å². The van der Waals surface area contributed by atoms with Crippen LogP contribution in [-0.2, 0) is 17.8 Å². The van der Waals surface area contributed by atoms with Gasteiger partial charge in [0.25, 0.3) is 5.56 Å². The SMILES string of the molecule is O=C(Cn1nnc2ccccc2c1=O)NCCCc1ccccc1. The maximum atomic E-state index is 12.3. The van der Waals surface area contributed by atoms with E-state index >= 15 is 0 Å². The first-order valence-corrected chi connectivity index (χ1v) is 7.87. The predicted octanol–water partition coefficient (Wildman–Crippen LogP) is 1.54. The van der Waals surface area contributed by atoms with Gasteiger partial charge >= 0.3 is 0 Å². The topological polar surface area (TPSA) is 76.9 Å². The number of hydrogen-bond acceptors (Lipinski definition) is 4. The van der Waals surface area contributed by atoms with Crippen LogP contribution in [0.4, 0.5) is 0 Å². The highest BCUT2D eigenvalue weighted by Gasteiger charge is 2.08. The molecular formula is C18H18N4O2. The van der Waals surface area contributed by atoms with E-state index in [9.17, 15) is 9.59 Å². The van der Waals surface area contributed by atoms with Crippen LogP contribution in [0, 0.1) is 0 Å². The minimum absolute atomic E-state index is 0.123. The highest BCUT2D eigenvalue weighted by molar-refractivity contribution is 5.78. The molecule has 0 saturated carbocycles. The Kier molecular flexibility index (Phi) is 4.96. The van der Waals surface area contributed by atoms with Crippen molar-refractivity contribution in [3.63, 3.8) is 0 Å². The van der Waals surface area contributed by atoms with E-state index < -0.39 is 0 Å². The number of nitrogens with one attached hydrogen (secondary N) is 1. The Morgan fingerprint density at radius 3 is 2.62 bits per heavy atom. The summed E-state index contributed by atoms with van der Waals surface area (Å²) in [7, 11) is 0. The number of amides is 1. The van der Waals surface area contributed by atoms with E-state index in [0.717, 1.165) is 17.5 Å². The summed E-state index contributed by atoms with van der Waals surface area (Å²) in [4.78, 5) is 24.2. The summed E-state index contributed by atoms with van der Waals surface area (Å²) in [6, 6.07) is 17.1. The van der Waals surface area contributed by atoms with Gasteiger partial charge in [-0.05, 0) is 30.5 Å². The summed E-state index contributed by atoms with van der Waals surface area (Å²) in [5.74, 6) is -0.241. The van der Waals surface area contributed by atoms with Gasteiger partial charge in [0.15, 0.2) is 0 Å². The minimum Gasteiger partial charge on any atom is -0.354 e. The molecule has 0 saturated heterocycles. The molecule has 0 aliphatic carbocycles. The molecule has 0 radical (unpaired) electrons. The number of fused-ring (bicyclic) bond motifs is 1. The van der Waals surface area contributed by atoms with Crippen molar-refractivity contribution in [2.24, 2.45) is 0 Å². The lowest BCUT2D eigenvalue weighted by atomic mass is 10.1. The lowest BCUT2D eigenvalue weighted by molar-refractivity contribution is -0.121. The standard InChI is InChI=1S/C18H18N4O2/c23-17(19-12-6-9-14-7-2-1-3-8-14)13-22-18(24)15-10-4-5-11-16(15)20-21-22/h1-5,7-8,10-11H,6,9,12-13H2,(H,19,23). The highest BCUT2D eigenvalue weighted by Crippen LogP contribution is 2.03. The molecule has 1 N–H and O–H groups in total. The number of nitrogens with zero attached hydrogens (tertiary/aromatic N) is 3. The minimum atomic E-state index is -0.306. The van der Waals surface area contributed by atoms with Crippen LogP contribution in [0.2, 0.25) is 0 Å². The Bertz CT molecular complexity index is 890. The molecule has 24 heavy (non-hydrogen) atoms. The lowest BCUT2D eigenvalue weighted by Crippen LogP contribution is -2.34. The van der Waals surface area contributed by atoms with Crippen molar-refractivity contribution < 1.29 is 4.79 Å². The molecule has 1 aromatic heterocycles. The zero-order valence-electron chi connectivity index (χ0n) is 13.2. The van der Waals surface area contributed by atoms with Crippen LogP contribution in [0.1, 0.15) is 12.0 Å². The Morgan fingerprint density at radius 2 is 1.79 bits per heavy atom. The number of aryl methyl sites for hydroxylation is 1. The number of aromatic nitrogens is 3. The zero-order valence-corrected chi connectivity index (χ0v) is 13.2. The van der Waals surface area contributed by atoms with E-state index in [2.05, 4.69) is 27.8 Å². The van der Waals surface area contributed by atoms with E-state index in [-0.39, 0.29) is 18.0 Å². The Morgan fingerprint density at radius 1 is 1.04 bits per heavy atom. The third kappa shape index (κ3) is 3.84. The van der Waals surface area contributed by atoms with Crippen molar-refractivity contribution in [2.45, 2.75) is 19.4 Å². The molecule has 0 unspecified atom stereocenters. The van der Waals surface area contributed by atoms with Crippen molar-refractivity contribution in [2.75, 3.05) is 6.54 Å². The molecule has 6 heteroatoms. The van der Waals surface area contributed by atoms with Crippen molar-refractivity contribution in [1.82, 2.24) is 20.3 Å². The van der Waals surface area contributed by atoms with Crippen LogP contribution in [0.25, 0.3) is 10.9 Å². The van der Waals surface area contributed by atoms with Gasteiger partial charge in [-0.1, -0.05) is 47.7 Å². The average Bonchev–Trinajstić information content (AvgIpc) is 2.62. The van der Waals surface area contributed by atoms with Crippen LogP contribution in [0.5, 0.6) is 0 Å². The molecular weight excluding hydrogens is 304 g/mol. The predicted molar refractivity (Wildman–Crippen MR) is 91.6 cm³/mol. The molecule has 0 aliphatic rings. The van der Waals surface area contributed by atoms with Gasteiger partial charge in [0.1, 0.15) is 12.1 Å². The monoisotopic (exact) mass is 322 g/mol. The normalized spacial score (nSPS) is 10.7. The Hall–Kier alpha value is -3.02. The first-order valence-electron chi connectivity index (χ1n) is 7.87. The summed E-state index contributed by atoms with van der Waals surface area (Å²) < 4.78 is 1.09. The molecule has 0 aliphatic heterocycles. The van der Waals surface area contributed by atoms with Gasteiger partial charge in [0.05, 0.1) is 5.39 Å². The summed E-state index contributed by atoms with van der Waals surface area (Å²) >= 11 is 0. The van der Waals surface area contributed by atoms with Crippen LogP contribution in [-0.4, -0.2) is 27.4 Å². The maximum Gasteiger partial charge on any atom is 0.278 e. The second kappa shape index (κ2) is 7.50. The Balaban J connectivity index is 1.53. The first-order chi connectivity index (χ1) is 11.7. The van der Waals surface area contributed by atoms with Crippen LogP contribution < -0.4 is 10.9 Å². The van der Waals surface area contributed by atoms with E-state index in [1.807, 2.05) is 18.2 Å². The van der Waals surface area contributed by atoms with Gasteiger partial charge in [0, 0.05) is 6.54 Å². The van der Waals surface area contributed by atoms with E-state index in [1.54, 1.807) is 24.3 Å². The number of carbonyl (C=O) groups excluding carboxylic acids is 1. The van der Waals surface area contributed by atoms with Crippen LogP contribution in [0.15, 0.2) is 59.4 Å². The highest BCUT2D eigenvalue weighted by atomic mass is 16.2. The molecule has 3 aromatic rings. The van der Waals surface area contributed by atoms with Gasteiger partial charge < -0.3 is 5.32 Å². The lowest BCUT2D eigenvalue weighted by Gasteiger charge is -2.07. The third-order valence-electron chi connectivity index (χ3n) is 3.73. The molecule has 1 heterocycles. The van der Waals surface area contributed by atoms with Crippen LogP contribution in [0.3, 0.4) is 0 Å². The van der Waals surface area contributed by atoms with Crippen molar-refractivity contribution in [1.29, 1.82) is 0 Å². The molecule has 0 fully saturated rings. The Labute approximate surface area is 139 Å². The number of hydrogen-bond donors (Lipinski definition) is 1. The maximum absolute atomic E-state index is 12.3. The smallest absolute Gasteiger partial charge is 0.278 e. The van der Waals surface area contributed by atoms with Crippen molar-refractivity contribution in [3.05, 3.63) is 70.5 Å². The van der Waals surface area contributed by atoms with Gasteiger partial charge in [-0.25, -0.2) is 4.68 Å². The fourth-order valence-corrected chi connectivity index (χ4v) is 2.48. The summed E-state index contributed by atoms with van der Waals surface area (Å²) in [6.07, 6.45) is 1.74. The third-order valence-corrected chi connectivity index (χ3v) is 3.73. The second-order valence-electron chi connectivity index (χ2n) is 5.51. The van der Waals surface area contributed by atoms with Gasteiger partial charge in [-0.3, -0.25) is 9.59 Å². The van der Waals surface area contributed by atoms with Gasteiger partial charge in [-0.2, -0.15) is 0 Å². The molecule has 0 atom stereocenters. The largest absolute Gasteiger partial charge is 0.354 e. The van der Waals surface area contributed by atoms with E-state index in [0.29, 0.717) is 17.4 Å². The number of rotatable bonds is 6. The first kappa shape index (κ1) is 15.9. The molecule has 6 nitrogen and oxygen atoms in total. The van der Waals surface area contributed by atoms with Crippen molar-refractivity contribution in [3.8, 4) is 0 Å². The molecule has 3 rings (SSSR count). The molecule has 0 spiro atoms. The quantitative estimate of drug-likeness (QED) is 0.698. The van der Waals surface area contributed by atoms with Gasteiger partial charge in [0.2, 0.25) is 5.91 Å².